The van der Waals surface area contributed by atoms with Gasteiger partial charge in [-0.2, -0.15) is 0 Å². The van der Waals surface area contributed by atoms with E-state index in [0.29, 0.717) is 12.0 Å². The number of hydrogen-bond donors (Lipinski definition) is 1. The summed E-state index contributed by atoms with van der Waals surface area (Å²) in [5.41, 5.74) is 4.49. The van der Waals surface area contributed by atoms with E-state index in [1.807, 2.05) is 42.7 Å². The molecule has 5 rings (SSSR count). The maximum absolute atomic E-state index is 10.2. The molecule has 0 amide bonds. The molecule has 2 aliphatic rings. The third-order valence-corrected chi connectivity index (χ3v) is 6.89. The molecule has 1 N–H and O–H groups in total. The largest absolute Gasteiger partial charge is 0.395 e. The molecule has 5 nitrogen and oxygen atoms in total. The summed E-state index contributed by atoms with van der Waals surface area (Å²) >= 11 is 0. The zero-order valence-electron chi connectivity index (χ0n) is 18.8. The molecule has 2 aromatic carbocycles. The van der Waals surface area contributed by atoms with Gasteiger partial charge < -0.3 is 5.11 Å². The van der Waals surface area contributed by atoms with Crippen LogP contribution in [0.25, 0.3) is 0 Å². The summed E-state index contributed by atoms with van der Waals surface area (Å²) in [6, 6.07) is 19.3. The highest BCUT2D eigenvalue weighted by molar-refractivity contribution is 5.44. The Morgan fingerprint density at radius 1 is 0.879 bits per heavy atom. The topological polar surface area (TPSA) is 52.5 Å². The van der Waals surface area contributed by atoms with Crippen molar-refractivity contribution in [2.75, 3.05) is 26.2 Å². The van der Waals surface area contributed by atoms with Gasteiger partial charge >= 0.3 is 0 Å². The van der Waals surface area contributed by atoms with E-state index < -0.39 is 0 Å². The first-order valence-corrected chi connectivity index (χ1v) is 11.8. The Kier molecular flexibility index (Phi) is 6.78. The fraction of sp³-hybridized carbons (Fsp3) is 0.357. The van der Waals surface area contributed by atoms with Crippen LogP contribution in [0.1, 0.15) is 41.0 Å². The van der Waals surface area contributed by atoms with E-state index >= 15 is 0 Å². The van der Waals surface area contributed by atoms with Crippen molar-refractivity contribution in [3.05, 3.63) is 95.6 Å². The summed E-state index contributed by atoms with van der Waals surface area (Å²) in [5.74, 6) is 6.83. The van der Waals surface area contributed by atoms with E-state index in [4.69, 9.17) is 0 Å². The molecule has 33 heavy (non-hydrogen) atoms. The zero-order valence-corrected chi connectivity index (χ0v) is 18.8. The number of nitrogens with zero attached hydrogens (tertiary/aromatic N) is 4. The van der Waals surface area contributed by atoms with Gasteiger partial charge in [0.05, 0.1) is 6.61 Å². The Bertz CT molecular complexity index is 1090. The summed E-state index contributed by atoms with van der Waals surface area (Å²) in [7, 11) is 0. The lowest BCUT2D eigenvalue weighted by Gasteiger charge is -2.57. The first kappa shape index (κ1) is 21.8. The van der Waals surface area contributed by atoms with Crippen molar-refractivity contribution in [2.24, 2.45) is 0 Å². The minimum absolute atomic E-state index is 0.191. The second kappa shape index (κ2) is 10.3. The van der Waals surface area contributed by atoms with E-state index in [0.717, 1.165) is 49.3 Å². The van der Waals surface area contributed by atoms with Gasteiger partial charge in [-0.15, -0.1) is 0 Å². The first-order chi connectivity index (χ1) is 16.3. The van der Waals surface area contributed by atoms with Gasteiger partial charge in [0.15, 0.2) is 0 Å². The Morgan fingerprint density at radius 2 is 1.58 bits per heavy atom. The average Bonchev–Trinajstić information content (AvgIpc) is 2.85. The molecular formula is C28H30N4O. The van der Waals surface area contributed by atoms with Crippen molar-refractivity contribution in [1.29, 1.82) is 0 Å². The molecule has 0 saturated carbocycles. The monoisotopic (exact) mass is 438 g/mol. The molecular weight excluding hydrogens is 408 g/mol. The molecule has 3 atom stereocenters. The van der Waals surface area contributed by atoms with Gasteiger partial charge in [0.25, 0.3) is 0 Å². The first-order valence-electron chi connectivity index (χ1n) is 11.8. The molecule has 2 saturated heterocycles. The normalized spacial score (nSPS) is 23.4. The Labute approximate surface area is 196 Å². The third kappa shape index (κ3) is 4.99. The predicted octanol–water partition coefficient (Wildman–Crippen LogP) is 3.30. The number of rotatable bonds is 4. The molecule has 0 spiro atoms. The van der Waals surface area contributed by atoms with Crippen LogP contribution in [0.15, 0.2) is 73.3 Å². The van der Waals surface area contributed by atoms with Crippen molar-refractivity contribution in [3.8, 4) is 11.8 Å². The third-order valence-electron chi connectivity index (χ3n) is 6.89. The van der Waals surface area contributed by atoms with Crippen LogP contribution in [-0.2, 0) is 6.54 Å². The maximum atomic E-state index is 10.2. The van der Waals surface area contributed by atoms with E-state index in [2.05, 4.69) is 55.9 Å². The summed E-state index contributed by atoms with van der Waals surface area (Å²) in [5, 5.41) is 10.2. The number of aromatic nitrogens is 2. The second-order valence-corrected chi connectivity index (χ2v) is 9.01. The molecule has 168 valence electrons. The minimum Gasteiger partial charge on any atom is -0.395 e. The number of aliphatic hydroxyl groups excluding tert-OH is 1. The van der Waals surface area contributed by atoms with Crippen molar-refractivity contribution in [2.45, 2.75) is 37.4 Å². The van der Waals surface area contributed by atoms with Crippen LogP contribution in [0.3, 0.4) is 0 Å². The van der Waals surface area contributed by atoms with E-state index in [9.17, 15) is 5.11 Å². The molecule has 5 heteroatoms. The fourth-order valence-corrected chi connectivity index (χ4v) is 5.28. The van der Waals surface area contributed by atoms with Gasteiger partial charge in [-0.1, -0.05) is 42.2 Å². The maximum Gasteiger partial charge on any atom is 0.115 e. The number of aliphatic hydroxyl groups is 1. The van der Waals surface area contributed by atoms with Crippen molar-refractivity contribution in [3.63, 3.8) is 0 Å². The summed E-state index contributed by atoms with van der Waals surface area (Å²) in [6.45, 7) is 4.21. The van der Waals surface area contributed by atoms with Crippen LogP contribution in [0.2, 0.25) is 0 Å². The highest BCUT2D eigenvalue weighted by Gasteiger charge is 2.48. The highest BCUT2D eigenvalue weighted by Crippen LogP contribution is 2.42. The van der Waals surface area contributed by atoms with Gasteiger partial charge in [-0.05, 0) is 55.8 Å². The summed E-state index contributed by atoms with van der Waals surface area (Å²) < 4.78 is 0. The Balaban J connectivity index is 1.32. The van der Waals surface area contributed by atoms with Gasteiger partial charge in [-0.25, -0.2) is 9.97 Å². The lowest BCUT2D eigenvalue weighted by molar-refractivity contribution is -0.0655. The molecule has 3 aromatic rings. The van der Waals surface area contributed by atoms with Crippen molar-refractivity contribution >= 4 is 0 Å². The Morgan fingerprint density at radius 3 is 2.30 bits per heavy atom. The molecule has 2 aliphatic heterocycles. The van der Waals surface area contributed by atoms with Crippen LogP contribution >= 0.6 is 0 Å². The van der Waals surface area contributed by atoms with E-state index in [1.165, 1.54) is 12.0 Å². The van der Waals surface area contributed by atoms with E-state index in [1.54, 1.807) is 6.33 Å². The van der Waals surface area contributed by atoms with Crippen LogP contribution in [0.5, 0.6) is 0 Å². The average molecular weight is 439 g/mol. The number of fused-ring (bicyclic) bond motifs is 1. The van der Waals surface area contributed by atoms with Gasteiger partial charge in [0.2, 0.25) is 0 Å². The van der Waals surface area contributed by atoms with Crippen LogP contribution in [-0.4, -0.2) is 63.2 Å². The van der Waals surface area contributed by atoms with Gasteiger partial charge in [0.1, 0.15) is 6.33 Å². The SMILES string of the molecule is OC[C@@H]1[C@H](c2ccc(C#Cc3ccccc3)cc2)[C@@H]2CN(Cc3cncnc3)CCCCN12. The molecule has 0 unspecified atom stereocenters. The lowest BCUT2D eigenvalue weighted by Crippen LogP contribution is -2.67. The van der Waals surface area contributed by atoms with E-state index in [-0.39, 0.29) is 12.6 Å². The molecule has 0 bridgehead atoms. The summed E-state index contributed by atoms with van der Waals surface area (Å²) in [4.78, 5) is 13.4. The highest BCUT2D eigenvalue weighted by atomic mass is 16.3. The Hall–Kier alpha value is -3.04. The zero-order chi connectivity index (χ0) is 22.5. The smallest absolute Gasteiger partial charge is 0.115 e. The molecule has 0 radical (unpaired) electrons. The quantitative estimate of drug-likeness (QED) is 0.634. The number of hydrogen-bond acceptors (Lipinski definition) is 5. The molecule has 0 aliphatic carbocycles. The van der Waals surface area contributed by atoms with Gasteiger partial charge in [0, 0.05) is 60.2 Å². The lowest BCUT2D eigenvalue weighted by atomic mass is 9.74. The molecule has 2 fully saturated rings. The molecule has 1 aromatic heterocycles. The van der Waals surface area contributed by atoms with Crippen LogP contribution in [0, 0.1) is 11.8 Å². The standard InChI is InChI=1S/C28H30N4O/c33-20-27-28(25-12-10-23(11-13-25)9-8-22-6-2-1-3-7-22)26-19-31(14-4-5-15-32(26)27)18-24-16-29-21-30-17-24/h1-3,6-7,10-13,16-17,21,26-28,33H,4-5,14-15,18-20H2/t26-,27+,28+/m0/s1. The second-order valence-electron chi connectivity index (χ2n) is 9.01. The van der Waals surface area contributed by atoms with Crippen LogP contribution in [0.4, 0.5) is 0 Å². The van der Waals surface area contributed by atoms with Crippen molar-refractivity contribution in [1.82, 2.24) is 19.8 Å². The predicted molar refractivity (Wildman–Crippen MR) is 130 cm³/mol. The minimum atomic E-state index is 0.191. The number of benzene rings is 2. The molecule has 3 heterocycles. The van der Waals surface area contributed by atoms with Gasteiger partial charge in [-0.3, -0.25) is 9.80 Å². The van der Waals surface area contributed by atoms with Crippen molar-refractivity contribution < 1.29 is 5.11 Å². The summed E-state index contributed by atoms with van der Waals surface area (Å²) in [6.07, 6.45) is 7.74. The van der Waals surface area contributed by atoms with Crippen LogP contribution < -0.4 is 0 Å². The fourth-order valence-electron chi connectivity index (χ4n) is 5.28.